The normalized spacial score (nSPS) is 12.3. The van der Waals surface area contributed by atoms with Crippen LogP contribution in [0.1, 0.15) is 6.92 Å². The molecule has 0 spiro atoms. The van der Waals surface area contributed by atoms with Gasteiger partial charge in [-0.1, -0.05) is 58.0 Å². The lowest BCUT2D eigenvalue weighted by atomic mass is 10.3. The summed E-state index contributed by atoms with van der Waals surface area (Å²) in [5, 5.41) is 8.70. The number of benzene rings is 1. The lowest BCUT2D eigenvalue weighted by Gasteiger charge is -2.27. The van der Waals surface area contributed by atoms with Crippen LogP contribution in [0.2, 0.25) is 10.0 Å². The number of amides is 1. The predicted octanol–water partition coefficient (Wildman–Crippen LogP) is 4.72. The van der Waals surface area contributed by atoms with Gasteiger partial charge in [0, 0.05) is 5.02 Å². The molecule has 11 heteroatoms. The Bertz CT molecular complexity index is 582. The summed E-state index contributed by atoms with van der Waals surface area (Å²) in [7, 11) is 0. The van der Waals surface area contributed by atoms with E-state index < -0.39 is 16.1 Å². The Morgan fingerprint density at radius 1 is 1.30 bits per heavy atom. The third kappa shape index (κ3) is 7.37. The van der Waals surface area contributed by atoms with Crippen molar-refractivity contribution in [3.05, 3.63) is 28.2 Å². The molecule has 1 amide bonds. The van der Waals surface area contributed by atoms with Gasteiger partial charge in [0.15, 0.2) is 11.3 Å². The summed E-state index contributed by atoms with van der Waals surface area (Å²) >= 11 is 34.4. The Labute approximate surface area is 163 Å². The number of alkyl carbamates (subject to hydrolysis) is 1. The number of anilines is 1. The highest BCUT2D eigenvalue weighted by Crippen LogP contribution is 2.29. The number of ether oxygens (including phenoxy) is 1. The van der Waals surface area contributed by atoms with E-state index in [0.717, 1.165) is 0 Å². The molecular weight excluding hydrogens is 427 g/mol. The molecule has 1 unspecified atom stereocenters. The minimum atomic E-state index is -1.88. The summed E-state index contributed by atoms with van der Waals surface area (Å²) in [4.78, 5) is 11.5. The van der Waals surface area contributed by atoms with Crippen molar-refractivity contribution in [3.8, 4) is 0 Å². The summed E-state index contributed by atoms with van der Waals surface area (Å²) in [6.07, 6.45) is -1.90. The first-order valence-corrected chi connectivity index (χ1v) is 8.46. The molecule has 1 rings (SSSR count). The maximum atomic E-state index is 11.5. The lowest BCUT2D eigenvalue weighted by molar-refractivity contribution is 0.147. The minimum absolute atomic E-state index is 0.0577. The second-order valence-corrected chi connectivity index (χ2v) is 7.68. The largest absolute Gasteiger partial charge is 0.450 e. The van der Waals surface area contributed by atoms with Gasteiger partial charge in [-0.15, -0.1) is 0 Å². The molecule has 0 aromatic heterocycles. The minimum Gasteiger partial charge on any atom is -0.450 e. The molecule has 0 aliphatic heterocycles. The molecule has 3 N–H and O–H groups in total. The van der Waals surface area contributed by atoms with Crippen LogP contribution in [-0.2, 0) is 4.74 Å². The molecule has 0 radical (unpaired) electrons. The standard InChI is InChI=1S/C12H12Cl5N3O2S/c1-2-22-11(21)20-9(12(15,16)17)19-10(23)18-8-5-6(13)3-4-7(8)14/h3-5,9H,2H2,1H3,(H,20,21)(H2,18,19,23). The van der Waals surface area contributed by atoms with Gasteiger partial charge in [0.1, 0.15) is 0 Å². The van der Waals surface area contributed by atoms with Crippen molar-refractivity contribution in [2.45, 2.75) is 16.9 Å². The van der Waals surface area contributed by atoms with Crippen LogP contribution in [0, 0.1) is 0 Å². The molecule has 0 heterocycles. The van der Waals surface area contributed by atoms with Crippen LogP contribution in [0.25, 0.3) is 0 Å². The van der Waals surface area contributed by atoms with Crippen LogP contribution < -0.4 is 16.0 Å². The average molecular weight is 440 g/mol. The van der Waals surface area contributed by atoms with Crippen molar-refractivity contribution in [2.75, 3.05) is 11.9 Å². The Morgan fingerprint density at radius 3 is 2.52 bits per heavy atom. The number of hydrogen-bond acceptors (Lipinski definition) is 3. The third-order valence-corrected chi connectivity index (χ3v) is 3.76. The van der Waals surface area contributed by atoms with Crippen molar-refractivity contribution < 1.29 is 9.53 Å². The summed E-state index contributed by atoms with van der Waals surface area (Å²) < 4.78 is 2.86. The molecule has 0 bridgehead atoms. The van der Waals surface area contributed by atoms with Crippen LogP contribution >= 0.6 is 70.2 Å². The molecule has 0 saturated carbocycles. The van der Waals surface area contributed by atoms with E-state index in [-0.39, 0.29) is 11.7 Å². The van der Waals surface area contributed by atoms with Gasteiger partial charge < -0.3 is 15.4 Å². The maximum absolute atomic E-state index is 11.5. The molecule has 0 fully saturated rings. The quantitative estimate of drug-likeness (QED) is 0.360. The number of halogens is 5. The molecule has 5 nitrogen and oxygen atoms in total. The zero-order chi connectivity index (χ0) is 17.6. The zero-order valence-electron chi connectivity index (χ0n) is 11.6. The van der Waals surface area contributed by atoms with Crippen molar-refractivity contribution >= 4 is 87.1 Å². The third-order valence-electron chi connectivity index (χ3n) is 2.32. The second kappa shape index (κ2) is 9.20. The summed E-state index contributed by atoms with van der Waals surface area (Å²) in [6.45, 7) is 1.81. The van der Waals surface area contributed by atoms with E-state index in [1.54, 1.807) is 25.1 Å². The van der Waals surface area contributed by atoms with Gasteiger partial charge in [-0.3, -0.25) is 5.32 Å². The monoisotopic (exact) mass is 437 g/mol. The van der Waals surface area contributed by atoms with Gasteiger partial charge in [-0.2, -0.15) is 0 Å². The number of nitrogens with one attached hydrogen (secondary N) is 3. The van der Waals surface area contributed by atoms with E-state index in [9.17, 15) is 4.79 Å². The predicted molar refractivity (Wildman–Crippen MR) is 100 cm³/mol. The van der Waals surface area contributed by atoms with Gasteiger partial charge in [-0.05, 0) is 37.3 Å². The van der Waals surface area contributed by atoms with Crippen molar-refractivity contribution in [1.29, 1.82) is 0 Å². The molecule has 0 aliphatic rings. The maximum Gasteiger partial charge on any atom is 0.408 e. The Hall–Kier alpha value is -0.370. The molecule has 23 heavy (non-hydrogen) atoms. The number of thiocarbonyl (C=S) groups is 1. The Balaban J connectivity index is 2.77. The van der Waals surface area contributed by atoms with Crippen LogP contribution in [0.3, 0.4) is 0 Å². The van der Waals surface area contributed by atoms with E-state index in [0.29, 0.717) is 15.7 Å². The fourth-order valence-electron chi connectivity index (χ4n) is 1.37. The highest BCUT2D eigenvalue weighted by molar-refractivity contribution is 7.80. The van der Waals surface area contributed by atoms with E-state index in [4.69, 9.17) is 75.0 Å². The first kappa shape index (κ1) is 20.7. The van der Waals surface area contributed by atoms with Gasteiger partial charge in [0.2, 0.25) is 3.79 Å². The van der Waals surface area contributed by atoms with E-state index >= 15 is 0 Å². The molecule has 1 atom stereocenters. The number of hydrogen-bond donors (Lipinski definition) is 3. The van der Waals surface area contributed by atoms with Gasteiger partial charge in [0.25, 0.3) is 0 Å². The SMILES string of the molecule is CCOC(=O)NC(NC(=S)Nc1cc(Cl)ccc1Cl)C(Cl)(Cl)Cl. The molecule has 1 aromatic carbocycles. The number of alkyl halides is 3. The van der Waals surface area contributed by atoms with Gasteiger partial charge in [-0.25, -0.2) is 4.79 Å². The van der Waals surface area contributed by atoms with E-state index in [1.165, 1.54) is 0 Å². The van der Waals surface area contributed by atoms with Crippen LogP contribution in [0.4, 0.5) is 10.5 Å². The van der Waals surface area contributed by atoms with Crippen molar-refractivity contribution in [1.82, 2.24) is 10.6 Å². The molecular formula is C12H12Cl5N3O2S. The summed E-state index contributed by atoms with van der Waals surface area (Å²) in [6, 6.07) is 4.79. The first-order valence-electron chi connectivity index (χ1n) is 6.16. The van der Waals surface area contributed by atoms with Crippen molar-refractivity contribution in [3.63, 3.8) is 0 Å². The number of rotatable bonds is 4. The Morgan fingerprint density at radius 2 is 1.96 bits per heavy atom. The van der Waals surface area contributed by atoms with Gasteiger partial charge in [0.05, 0.1) is 17.3 Å². The van der Waals surface area contributed by atoms with E-state index in [1.807, 2.05) is 0 Å². The summed E-state index contributed by atoms with van der Waals surface area (Å²) in [5.41, 5.74) is 0.455. The fraction of sp³-hybridized carbons (Fsp3) is 0.333. The van der Waals surface area contributed by atoms with Crippen LogP contribution in [0.5, 0.6) is 0 Å². The zero-order valence-corrected chi connectivity index (χ0v) is 16.2. The fourth-order valence-corrected chi connectivity index (χ4v) is 2.27. The number of carbonyl (C=O) groups excluding carboxylic acids is 1. The smallest absolute Gasteiger partial charge is 0.408 e. The van der Waals surface area contributed by atoms with Crippen molar-refractivity contribution in [2.24, 2.45) is 0 Å². The molecule has 1 aromatic rings. The highest BCUT2D eigenvalue weighted by atomic mass is 35.6. The number of carbonyl (C=O) groups is 1. The van der Waals surface area contributed by atoms with Crippen LogP contribution in [-0.4, -0.2) is 27.8 Å². The Kier molecular flexibility index (Phi) is 8.27. The van der Waals surface area contributed by atoms with E-state index in [2.05, 4.69) is 16.0 Å². The first-order chi connectivity index (χ1) is 10.6. The second-order valence-electron chi connectivity index (χ2n) is 4.06. The molecule has 128 valence electrons. The summed E-state index contributed by atoms with van der Waals surface area (Å²) in [5.74, 6) is 0. The molecule has 0 aliphatic carbocycles. The van der Waals surface area contributed by atoms with Crippen LogP contribution in [0.15, 0.2) is 18.2 Å². The molecule has 0 saturated heterocycles. The highest BCUT2D eigenvalue weighted by Gasteiger charge is 2.35. The average Bonchev–Trinajstić information content (AvgIpc) is 2.41. The lowest BCUT2D eigenvalue weighted by Crippen LogP contribution is -2.56. The van der Waals surface area contributed by atoms with Gasteiger partial charge >= 0.3 is 6.09 Å². The topological polar surface area (TPSA) is 62.4 Å².